The zero-order valence-electron chi connectivity index (χ0n) is 13.7. The van der Waals surface area contributed by atoms with Crippen LogP contribution < -0.4 is 5.32 Å². The number of nitrogens with zero attached hydrogens (tertiary/aromatic N) is 1. The van der Waals surface area contributed by atoms with E-state index in [1.54, 1.807) is 0 Å². The highest BCUT2D eigenvalue weighted by Gasteiger charge is 2.28. The Bertz CT molecular complexity index is 876. The molecule has 0 saturated heterocycles. The molecular formula is C20H20N2O2. The minimum Gasteiger partial charge on any atom is -0.440 e. The van der Waals surface area contributed by atoms with Crippen molar-refractivity contribution in [2.24, 2.45) is 0 Å². The van der Waals surface area contributed by atoms with Crippen LogP contribution in [0.15, 0.2) is 46.9 Å². The first-order chi connectivity index (χ1) is 11.7. The molecule has 0 unspecified atom stereocenters. The second-order valence-electron chi connectivity index (χ2n) is 6.54. The number of fused-ring (bicyclic) bond motifs is 1. The summed E-state index contributed by atoms with van der Waals surface area (Å²) in [7, 11) is 0. The van der Waals surface area contributed by atoms with Crippen molar-refractivity contribution in [3.8, 4) is 0 Å². The van der Waals surface area contributed by atoms with Gasteiger partial charge < -0.3 is 9.73 Å². The first kappa shape index (κ1) is 14.9. The molecule has 0 bridgehead atoms. The van der Waals surface area contributed by atoms with Gasteiger partial charge in [-0.15, -0.1) is 0 Å². The van der Waals surface area contributed by atoms with Gasteiger partial charge in [0.1, 0.15) is 5.52 Å². The topological polar surface area (TPSA) is 55.1 Å². The van der Waals surface area contributed by atoms with Gasteiger partial charge in [0.05, 0.1) is 0 Å². The van der Waals surface area contributed by atoms with Gasteiger partial charge in [0.2, 0.25) is 5.91 Å². The summed E-state index contributed by atoms with van der Waals surface area (Å²) < 4.78 is 5.74. The van der Waals surface area contributed by atoms with Crippen LogP contribution in [-0.4, -0.2) is 10.9 Å². The van der Waals surface area contributed by atoms with E-state index in [1.165, 1.54) is 11.1 Å². The Morgan fingerprint density at radius 3 is 2.75 bits per heavy atom. The summed E-state index contributed by atoms with van der Waals surface area (Å²) in [6.07, 6.45) is 3.53. The molecule has 1 aromatic heterocycles. The summed E-state index contributed by atoms with van der Waals surface area (Å²) in [6, 6.07) is 13.9. The molecule has 24 heavy (non-hydrogen) atoms. The number of aromatic nitrogens is 1. The summed E-state index contributed by atoms with van der Waals surface area (Å²) in [6.45, 7) is 2.06. The lowest BCUT2D eigenvalue weighted by molar-refractivity contribution is -0.116. The first-order valence-electron chi connectivity index (χ1n) is 8.43. The third-order valence-electron chi connectivity index (χ3n) is 4.38. The standard InChI is InChI=1S/C20H20N2O2/c1-13-2-4-14(5-3-13)6-11-19(23)21-16-9-10-18-17(12-16)22-20(24-18)15-7-8-15/h2-5,9-10,12,15H,6-8,11H2,1H3,(H,21,23). The number of amides is 1. The Hall–Kier alpha value is -2.62. The molecule has 122 valence electrons. The molecule has 4 heteroatoms. The Kier molecular flexibility index (Phi) is 3.81. The Morgan fingerprint density at radius 2 is 2.00 bits per heavy atom. The molecule has 0 atom stereocenters. The van der Waals surface area contributed by atoms with Gasteiger partial charge in [-0.25, -0.2) is 4.98 Å². The average Bonchev–Trinajstić information content (AvgIpc) is 3.34. The van der Waals surface area contributed by atoms with Crippen LogP contribution in [0, 0.1) is 6.92 Å². The molecule has 3 aromatic rings. The number of hydrogen-bond donors (Lipinski definition) is 1. The van der Waals surface area contributed by atoms with E-state index in [1.807, 2.05) is 18.2 Å². The van der Waals surface area contributed by atoms with E-state index in [-0.39, 0.29) is 5.91 Å². The molecule has 0 radical (unpaired) electrons. The lowest BCUT2D eigenvalue weighted by Gasteiger charge is -2.05. The number of hydrogen-bond acceptors (Lipinski definition) is 3. The van der Waals surface area contributed by atoms with Gasteiger partial charge in [0.25, 0.3) is 0 Å². The maximum Gasteiger partial charge on any atom is 0.224 e. The summed E-state index contributed by atoms with van der Waals surface area (Å²) in [5.41, 5.74) is 4.78. The fourth-order valence-corrected chi connectivity index (χ4v) is 2.76. The van der Waals surface area contributed by atoms with E-state index in [2.05, 4.69) is 41.5 Å². The largest absolute Gasteiger partial charge is 0.440 e. The molecule has 0 aliphatic heterocycles. The van der Waals surface area contributed by atoms with Crippen LogP contribution in [0.1, 0.15) is 42.2 Å². The van der Waals surface area contributed by atoms with Gasteiger partial charge in [-0.3, -0.25) is 4.79 Å². The zero-order chi connectivity index (χ0) is 16.5. The van der Waals surface area contributed by atoms with E-state index in [4.69, 9.17) is 4.42 Å². The van der Waals surface area contributed by atoms with E-state index in [0.29, 0.717) is 12.3 Å². The highest BCUT2D eigenvalue weighted by molar-refractivity contribution is 5.92. The smallest absolute Gasteiger partial charge is 0.224 e. The van der Waals surface area contributed by atoms with E-state index in [9.17, 15) is 4.79 Å². The number of oxazole rings is 1. The molecule has 1 amide bonds. The maximum absolute atomic E-state index is 12.2. The number of rotatable bonds is 5. The molecule has 2 aromatic carbocycles. The maximum atomic E-state index is 12.2. The minimum atomic E-state index is 0.0147. The molecule has 0 spiro atoms. The van der Waals surface area contributed by atoms with E-state index in [0.717, 1.165) is 41.9 Å². The number of benzene rings is 2. The van der Waals surface area contributed by atoms with Crippen LogP contribution in [-0.2, 0) is 11.2 Å². The van der Waals surface area contributed by atoms with Gasteiger partial charge in [0, 0.05) is 18.0 Å². The Balaban J connectivity index is 1.39. The highest BCUT2D eigenvalue weighted by atomic mass is 16.3. The van der Waals surface area contributed by atoms with Gasteiger partial charge in [-0.05, 0) is 49.9 Å². The fraction of sp³-hybridized carbons (Fsp3) is 0.300. The van der Waals surface area contributed by atoms with Gasteiger partial charge >= 0.3 is 0 Å². The van der Waals surface area contributed by atoms with Crippen LogP contribution in [0.2, 0.25) is 0 Å². The summed E-state index contributed by atoms with van der Waals surface area (Å²) in [5, 5.41) is 2.95. The Labute approximate surface area is 140 Å². The van der Waals surface area contributed by atoms with Crippen LogP contribution >= 0.6 is 0 Å². The van der Waals surface area contributed by atoms with Gasteiger partial charge in [0.15, 0.2) is 11.5 Å². The SMILES string of the molecule is Cc1ccc(CCC(=O)Nc2ccc3oc(C4CC4)nc3c2)cc1. The van der Waals surface area contributed by atoms with Crippen LogP contribution in [0.25, 0.3) is 11.1 Å². The molecular weight excluding hydrogens is 300 g/mol. The molecule has 4 nitrogen and oxygen atoms in total. The summed E-state index contributed by atoms with van der Waals surface area (Å²) in [4.78, 5) is 16.7. The molecule has 1 fully saturated rings. The monoisotopic (exact) mass is 320 g/mol. The third kappa shape index (κ3) is 3.32. The van der Waals surface area contributed by atoms with Crippen molar-refractivity contribution in [1.82, 2.24) is 4.98 Å². The van der Waals surface area contributed by atoms with Crippen molar-refractivity contribution in [1.29, 1.82) is 0 Å². The quantitative estimate of drug-likeness (QED) is 0.748. The van der Waals surface area contributed by atoms with Gasteiger partial charge in [-0.2, -0.15) is 0 Å². The highest BCUT2D eigenvalue weighted by Crippen LogP contribution is 2.40. The average molecular weight is 320 g/mol. The van der Waals surface area contributed by atoms with Crippen LogP contribution in [0.5, 0.6) is 0 Å². The van der Waals surface area contributed by atoms with Crippen molar-refractivity contribution >= 4 is 22.7 Å². The second kappa shape index (κ2) is 6.11. The normalized spacial score (nSPS) is 14.0. The van der Waals surface area contributed by atoms with Crippen LogP contribution in [0.4, 0.5) is 5.69 Å². The van der Waals surface area contributed by atoms with E-state index >= 15 is 0 Å². The van der Waals surface area contributed by atoms with Gasteiger partial charge in [-0.1, -0.05) is 29.8 Å². The number of carbonyl (C=O) groups excluding carboxylic acids is 1. The van der Waals surface area contributed by atoms with Crippen molar-refractivity contribution in [3.63, 3.8) is 0 Å². The number of nitrogens with one attached hydrogen (secondary N) is 1. The molecule has 4 rings (SSSR count). The van der Waals surface area contributed by atoms with Crippen molar-refractivity contribution in [2.45, 2.75) is 38.5 Å². The van der Waals surface area contributed by atoms with Crippen molar-refractivity contribution < 1.29 is 9.21 Å². The van der Waals surface area contributed by atoms with Crippen molar-refractivity contribution in [3.05, 3.63) is 59.5 Å². The van der Waals surface area contributed by atoms with E-state index < -0.39 is 0 Å². The molecule has 1 N–H and O–H groups in total. The molecule has 1 saturated carbocycles. The van der Waals surface area contributed by atoms with Crippen LogP contribution in [0.3, 0.4) is 0 Å². The summed E-state index contributed by atoms with van der Waals surface area (Å²) >= 11 is 0. The predicted octanol–water partition coefficient (Wildman–Crippen LogP) is 4.58. The lowest BCUT2D eigenvalue weighted by atomic mass is 10.1. The fourth-order valence-electron chi connectivity index (χ4n) is 2.76. The molecule has 1 aliphatic carbocycles. The lowest BCUT2D eigenvalue weighted by Crippen LogP contribution is -2.12. The predicted molar refractivity (Wildman–Crippen MR) is 94.1 cm³/mol. The minimum absolute atomic E-state index is 0.0147. The molecule has 1 aliphatic rings. The number of carbonyl (C=O) groups is 1. The molecule has 1 heterocycles. The third-order valence-corrected chi connectivity index (χ3v) is 4.38. The number of aryl methyl sites for hydroxylation is 2. The number of anilines is 1. The Morgan fingerprint density at radius 1 is 1.21 bits per heavy atom. The first-order valence-corrected chi connectivity index (χ1v) is 8.43. The van der Waals surface area contributed by atoms with Crippen molar-refractivity contribution in [2.75, 3.05) is 5.32 Å². The summed E-state index contributed by atoms with van der Waals surface area (Å²) in [5.74, 6) is 1.33. The second-order valence-corrected chi connectivity index (χ2v) is 6.54. The zero-order valence-corrected chi connectivity index (χ0v) is 13.7.